The third-order valence-corrected chi connectivity index (χ3v) is 5.19. The Balaban J connectivity index is 4.06. The SMILES string of the molecule is CC(C)=CCC/C(C)=C/CC/C(C)=C/COCCC(C(=O)O)P(=O)(O)O. The molecule has 0 aliphatic heterocycles. The summed E-state index contributed by atoms with van der Waals surface area (Å²) in [6, 6.07) is 0. The monoisotopic (exact) mass is 388 g/mol. The van der Waals surface area contributed by atoms with Crippen LogP contribution < -0.4 is 0 Å². The highest BCUT2D eigenvalue weighted by Gasteiger charge is 2.35. The topological polar surface area (TPSA) is 104 Å². The van der Waals surface area contributed by atoms with Gasteiger partial charge in [0.15, 0.2) is 5.66 Å². The van der Waals surface area contributed by atoms with Crippen molar-refractivity contribution in [3.63, 3.8) is 0 Å². The number of carbonyl (C=O) groups is 1. The van der Waals surface area contributed by atoms with Crippen LogP contribution in [0.3, 0.4) is 0 Å². The van der Waals surface area contributed by atoms with Crippen molar-refractivity contribution in [1.29, 1.82) is 0 Å². The van der Waals surface area contributed by atoms with E-state index in [9.17, 15) is 9.36 Å². The van der Waals surface area contributed by atoms with Crippen LogP contribution in [-0.4, -0.2) is 39.7 Å². The zero-order valence-electron chi connectivity index (χ0n) is 16.3. The van der Waals surface area contributed by atoms with E-state index in [1.165, 1.54) is 16.7 Å². The number of carboxylic acids is 1. The van der Waals surface area contributed by atoms with Gasteiger partial charge in [-0.05, 0) is 59.8 Å². The lowest BCUT2D eigenvalue weighted by molar-refractivity contribution is -0.137. The van der Waals surface area contributed by atoms with E-state index in [1.54, 1.807) is 0 Å². The van der Waals surface area contributed by atoms with Crippen LogP contribution in [0, 0.1) is 0 Å². The van der Waals surface area contributed by atoms with Crippen molar-refractivity contribution in [3.05, 3.63) is 34.9 Å². The molecule has 0 saturated carbocycles. The normalized spacial score (nSPS) is 14.2. The first-order valence-electron chi connectivity index (χ1n) is 8.84. The van der Waals surface area contributed by atoms with Gasteiger partial charge in [0.1, 0.15) is 0 Å². The summed E-state index contributed by atoms with van der Waals surface area (Å²) in [4.78, 5) is 28.8. The van der Waals surface area contributed by atoms with Gasteiger partial charge < -0.3 is 19.6 Å². The van der Waals surface area contributed by atoms with Gasteiger partial charge in [-0.3, -0.25) is 9.36 Å². The molecule has 0 aromatic rings. The maximum Gasteiger partial charge on any atom is 0.339 e. The molecule has 6 nitrogen and oxygen atoms in total. The van der Waals surface area contributed by atoms with Crippen LogP contribution in [0.5, 0.6) is 0 Å². The molecule has 0 spiro atoms. The molecule has 7 heteroatoms. The van der Waals surface area contributed by atoms with E-state index in [1.807, 2.05) is 13.0 Å². The lowest BCUT2D eigenvalue weighted by atomic mass is 10.1. The van der Waals surface area contributed by atoms with Crippen molar-refractivity contribution in [2.24, 2.45) is 0 Å². The van der Waals surface area contributed by atoms with Crippen LogP contribution in [0.25, 0.3) is 0 Å². The number of hydrogen-bond donors (Lipinski definition) is 3. The van der Waals surface area contributed by atoms with E-state index < -0.39 is 19.2 Å². The Kier molecular flexibility index (Phi) is 12.4. The molecule has 0 bridgehead atoms. The minimum atomic E-state index is -4.64. The zero-order chi connectivity index (χ0) is 20.2. The van der Waals surface area contributed by atoms with Gasteiger partial charge in [0.05, 0.1) is 6.61 Å². The van der Waals surface area contributed by atoms with Crippen molar-refractivity contribution in [2.75, 3.05) is 13.2 Å². The average molecular weight is 388 g/mol. The summed E-state index contributed by atoms with van der Waals surface area (Å²) in [5.41, 5.74) is 2.19. The first-order chi connectivity index (χ1) is 12.0. The summed E-state index contributed by atoms with van der Waals surface area (Å²) >= 11 is 0. The van der Waals surface area contributed by atoms with Crippen LogP contribution in [0.4, 0.5) is 0 Å². The molecule has 0 rings (SSSR count). The Morgan fingerprint density at radius 2 is 1.54 bits per heavy atom. The Morgan fingerprint density at radius 3 is 2.04 bits per heavy atom. The number of ether oxygens (including phenoxy) is 1. The van der Waals surface area contributed by atoms with Crippen LogP contribution >= 0.6 is 7.60 Å². The molecule has 150 valence electrons. The van der Waals surface area contributed by atoms with Gasteiger partial charge in [0.2, 0.25) is 0 Å². The maximum absolute atomic E-state index is 11.1. The fourth-order valence-corrected chi connectivity index (χ4v) is 2.98. The largest absolute Gasteiger partial charge is 0.481 e. The lowest BCUT2D eigenvalue weighted by Crippen LogP contribution is -2.22. The summed E-state index contributed by atoms with van der Waals surface area (Å²) in [7, 11) is -4.64. The van der Waals surface area contributed by atoms with Crippen molar-refractivity contribution in [3.8, 4) is 0 Å². The zero-order valence-corrected chi connectivity index (χ0v) is 17.2. The molecule has 0 amide bonds. The first kappa shape index (κ1) is 24.8. The fraction of sp³-hybridized carbons (Fsp3) is 0.632. The van der Waals surface area contributed by atoms with E-state index in [4.69, 9.17) is 19.6 Å². The van der Waals surface area contributed by atoms with Crippen molar-refractivity contribution < 1.29 is 29.0 Å². The Bertz CT molecular complexity index is 567. The average Bonchev–Trinajstić information content (AvgIpc) is 2.48. The molecular weight excluding hydrogens is 355 g/mol. The molecule has 0 aliphatic rings. The Hall–Kier alpha value is -1.20. The minimum absolute atomic E-state index is 0.00473. The molecule has 0 aromatic heterocycles. The van der Waals surface area contributed by atoms with E-state index in [2.05, 4.69) is 32.9 Å². The summed E-state index contributed by atoms with van der Waals surface area (Å²) < 4.78 is 16.3. The summed E-state index contributed by atoms with van der Waals surface area (Å²) in [5, 5.41) is 8.81. The third kappa shape index (κ3) is 13.1. The van der Waals surface area contributed by atoms with Gasteiger partial charge in [-0.1, -0.05) is 34.9 Å². The molecule has 0 aliphatic carbocycles. The van der Waals surface area contributed by atoms with Gasteiger partial charge in [-0.2, -0.15) is 0 Å². The van der Waals surface area contributed by atoms with Crippen molar-refractivity contribution >= 4 is 13.6 Å². The predicted molar refractivity (Wildman–Crippen MR) is 104 cm³/mol. The molecule has 3 N–H and O–H groups in total. The molecule has 0 saturated heterocycles. The lowest BCUT2D eigenvalue weighted by Gasteiger charge is -2.13. The second kappa shape index (κ2) is 13.0. The van der Waals surface area contributed by atoms with Gasteiger partial charge in [-0.25, -0.2) is 0 Å². The summed E-state index contributed by atoms with van der Waals surface area (Å²) in [6.45, 7) is 8.65. The smallest absolute Gasteiger partial charge is 0.339 e. The highest BCUT2D eigenvalue weighted by molar-refractivity contribution is 7.53. The van der Waals surface area contributed by atoms with Gasteiger partial charge in [0, 0.05) is 6.61 Å². The first-order valence-corrected chi connectivity index (χ1v) is 10.5. The third-order valence-electron chi connectivity index (χ3n) is 3.90. The molecule has 26 heavy (non-hydrogen) atoms. The molecule has 0 aromatic carbocycles. The van der Waals surface area contributed by atoms with E-state index in [-0.39, 0.29) is 13.0 Å². The van der Waals surface area contributed by atoms with E-state index in [0.717, 1.165) is 25.7 Å². The molecule has 1 atom stereocenters. The molecule has 0 fully saturated rings. The van der Waals surface area contributed by atoms with Gasteiger partial charge in [-0.15, -0.1) is 0 Å². The van der Waals surface area contributed by atoms with Crippen LogP contribution in [0.1, 0.15) is 59.8 Å². The second-order valence-electron chi connectivity index (χ2n) is 6.77. The number of allylic oxidation sites excluding steroid dienone is 5. The highest BCUT2D eigenvalue weighted by Crippen LogP contribution is 2.42. The fourth-order valence-electron chi connectivity index (χ4n) is 2.25. The van der Waals surface area contributed by atoms with E-state index >= 15 is 0 Å². The molecule has 0 radical (unpaired) electrons. The summed E-state index contributed by atoms with van der Waals surface area (Å²) in [5.74, 6) is -1.50. The minimum Gasteiger partial charge on any atom is -0.481 e. The number of carboxylic acid groups (broad SMARTS) is 1. The number of rotatable bonds is 13. The van der Waals surface area contributed by atoms with Crippen LogP contribution in [0.15, 0.2) is 34.9 Å². The Morgan fingerprint density at radius 1 is 1.00 bits per heavy atom. The number of hydrogen-bond acceptors (Lipinski definition) is 3. The van der Waals surface area contributed by atoms with Crippen molar-refractivity contribution in [2.45, 2.75) is 65.5 Å². The Labute approximate surface area is 156 Å². The molecule has 1 unspecified atom stereocenters. The standard InChI is InChI=1S/C19H33O6P/c1-15(2)7-5-8-16(3)9-6-10-17(4)11-13-25-14-12-18(19(20)21)26(22,23)24/h7,9,11,18H,5-6,8,10,12-14H2,1-4H3,(H,20,21)(H2,22,23,24)/b16-9+,17-11+. The van der Waals surface area contributed by atoms with Crippen LogP contribution in [0.2, 0.25) is 0 Å². The van der Waals surface area contributed by atoms with Crippen LogP contribution in [-0.2, 0) is 14.1 Å². The second-order valence-corrected chi connectivity index (χ2v) is 8.57. The van der Waals surface area contributed by atoms with Gasteiger partial charge >= 0.3 is 13.6 Å². The molecule has 0 heterocycles. The quantitative estimate of drug-likeness (QED) is 0.245. The number of aliphatic carboxylic acids is 1. The van der Waals surface area contributed by atoms with Gasteiger partial charge in [0.25, 0.3) is 0 Å². The summed E-state index contributed by atoms with van der Waals surface area (Å²) in [6.07, 6.45) is 10.2. The maximum atomic E-state index is 11.1. The van der Waals surface area contributed by atoms with E-state index in [0.29, 0.717) is 6.61 Å². The highest BCUT2D eigenvalue weighted by atomic mass is 31.2. The van der Waals surface area contributed by atoms with Crippen molar-refractivity contribution in [1.82, 2.24) is 0 Å². The molecular formula is C19H33O6P. The predicted octanol–water partition coefficient (Wildman–Crippen LogP) is 4.44.